The first-order valence-corrected chi connectivity index (χ1v) is 10.3. The molecule has 1 aliphatic rings. The number of benzene rings is 3. The Bertz CT molecular complexity index is 1290. The van der Waals surface area contributed by atoms with E-state index in [9.17, 15) is 18.8 Å². The second kappa shape index (κ2) is 9.26. The number of nitrogens with zero attached hydrogens (tertiary/aromatic N) is 1. The van der Waals surface area contributed by atoms with Crippen molar-refractivity contribution in [2.45, 2.75) is 6.42 Å². The zero-order valence-corrected chi connectivity index (χ0v) is 18.2. The van der Waals surface area contributed by atoms with Crippen LogP contribution in [0, 0.1) is 5.82 Å². The Balaban J connectivity index is 1.75. The fourth-order valence-corrected chi connectivity index (χ4v) is 3.63. The normalized spacial score (nSPS) is 15.1. The molecule has 0 bridgehead atoms. The van der Waals surface area contributed by atoms with Crippen LogP contribution in [0.2, 0.25) is 5.02 Å². The van der Waals surface area contributed by atoms with Gasteiger partial charge in [0.05, 0.1) is 12.8 Å². The number of hydrogen-bond donors (Lipinski definition) is 1. The molecule has 0 atom stereocenters. The third-order valence-electron chi connectivity index (χ3n) is 5.12. The number of nitrogens with one attached hydrogen (secondary N) is 1. The molecule has 1 heterocycles. The fourth-order valence-electron chi connectivity index (χ4n) is 3.51. The zero-order chi connectivity index (χ0) is 23.5. The molecular formula is C25H18ClFN2O4. The van der Waals surface area contributed by atoms with Gasteiger partial charge in [-0.1, -0.05) is 29.8 Å². The topological polar surface area (TPSA) is 75.7 Å². The number of anilines is 1. The van der Waals surface area contributed by atoms with Crippen molar-refractivity contribution in [3.8, 4) is 5.75 Å². The average molecular weight is 465 g/mol. The van der Waals surface area contributed by atoms with E-state index in [-0.39, 0.29) is 17.1 Å². The van der Waals surface area contributed by atoms with Gasteiger partial charge in [-0.2, -0.15) is 0 Å². The summed E-state index contributed by atoms with van der Waals surface area (Å²) in [6.45, 7) is 0. The number of imide groups is 2. The van der Waals surface area contributed by atoms with E-state index in [1.807, 2.05) is 0 Å². The van der Waals surface area contributed by atoms with E-state index >= 15 is 0 Å². The van der Waals surface area contributed by atoms with Gasteiger partial charge in [0.25, 0.3) is 11.8 Å². The molecule has 3 aromatic carbocycles. The summed E-state index contributed by atoms with van der Waals surface area (Å²) in [5.74, 6) is -1.36. The number of amides is 4. The van der Waals surface area contributed by atoms with Crippen LogP contribution < -0.4 is 15.0 Å². The van der Waals surface area contributed by atoms with Crippen molar-refractivity contribution in [2.24, 2.45) is 0 Å². The molecule has 0 spiro atoms. The number of hydrogen-bond acceptors (Lipinski definition) is 4. The molecule has 0 aromatic heterocycles. The molecule has 0 aliphatic carbocycles. The van der Waals surface area contributed by atoms with E-state index in [0.717, 1.165) is 4.90 Å². The predicted molar refractivity (Wildman–Crippen MR) is 123 cm³/mol. The number of barbiturate groups is 1. The van der Waals surface area contributed by atoms with Crippen molar-refractivity contribution >= 4 is 41.2 Å². The number of carbonyl (C=O) groups excluding carboxylic acids is 3. The summed E-state index contributed by atoms with van der Waals surface area (Å²) in [5, 5.41) is 2.63. The largest absolute Gasteiger partial charge is 0.497 e. The van der Waals surface area contributed by atoms with Crippen LogP contribution in [-0.2, 0) is 16.0 Å². The molecule has 33 heavy (non-hydrogen) atoms. The molecule has 6 nitrogen and oxygen atoms in total. The highest BCUT2D eigenvalue weighted by Gasteiger charge is 2.36. The van der Waals surface area contributed by atoms with Gasteiger partial charge in [0, 0.05) is 5.02 Å². The predicted octanol–water partition coefficient (Wildman–Crippen LogP) is 4.74. The summed E-state index contributed by atoms with van der Waals surface area (Å²) in [5.41, 5.74) is 2.04. The first-order valence-electron chi connectivity index (χ1n) is 9.94. The van der Waals surface area contributed by atoms with Crippen molar-refractivity contribution in [1.82, 2.24) is 5.32 Å². The maximum Gasteiger partial charge on any atom is 0.335 e. The monoisotopic (exact) mass is 464 g/mol. The number of carbonyl (C=O) groups is 3. The average Bonchev–Trinajstić information content (AvgIpc) is 2.78. The quantitative estimate of drug-likeness (QED) is 0.437. The SMILES string of the molecule is COc1ccc(/C=C2\C(=O)NC(=O)N(c3ccc(Cl)cc3)C2=O)c(Cc2cccc(F)c2)c1. The second-order valence-electron chi connectivity index (χ2n) is 7.31. The minimum atomic E-state index is -0.848. The number of ether oxygens (including phenoxy) is 1. The molecule has 1 N–H and O–H groups in total. The highest BCUT2D eigenvalue weighted by atomic mass is 35.5. The fraction of sp³-hybridized carbons (Fsp3) is 0.0800. The van der Waals surface area contributed by atoms with Crippen LogP contribution in [0.4, 0.5) is 14.9 Å². The first kappa shape index (κ1) is 22.2. The van der Waals surface area contributed by atoms with Crippen molar-refractivity contribution in [3.05, 3.63) is 99.8 Å². The van der Waals surface area contributed by atoms with Crippen LogP contribution in [-0.4, -0.2) is 25.0 Å². The van der Waals surface area contributed by atoms with Crippen LogP contribution in [0.3, 0.4) is 0 Å². The highest BCUT2D eigenvalue weighted by molar-refractivity contribution is 6.39. The van der Waals surface area contributed by atoms with Gasteiger partial charge in [0.1, 0.15) is 17.1 Å². The molecule has 166 valence electrons. The van der Waals surface area contributed by atoms with Crippen molar-refractivity contribution in [1.29, 1.82) is 0 Å². The van der Waals surface area contributed by atoms with Gasteiger partial charge < -0.3 is 4.74 Å². The molecule has 0 radical (unpaired) electrons. The molecule has 3 aromatic rings. The van der Waals surface area contributed by atoms with Crippen LogP contribution in [0.15, 0.2) is 72.3 Å². The van der Waals surface area contributed by atoms with E-state index < -0.39 is 17.8 Å². The lowest BCUT2D eigenvalue weighted by Crippen LogP contribution is -2.54. The lowest BCUT2D eigenvalue weighted by atomic mass is 9.97. The summed E-state index contributed by atoms with van der Waals surface area (Å²) >= 11 is 5.90. The van der Waals surface area contributed by atoms with Gasteiger partial charge in [-0.15, -0.1) is 0 Å². The molecule has 1 saturated heterocycles. The third-order valence-corrected chi connectivity index (χ3v) is 5.37. The van der Waals surface area contributed by atoms with E-state index in [2.05, 4.69) is 5.32 Å². The lowest BCUT2D eigenvalue weighted by Gasteiger charge is -2.26. The maximum atomic E-state index is 13.7. The minimum absolute atomic E-state index is 0.213. The summed E-state index contributed by atoms with van der Waals surface area (Å²) in [7, 11) is 1.52. The van der Waals surface area contributed by atoms with E-state index in [0.29, 0.717) is 33.9 Å². The molecule has 4 rings (SSSR count). The van der Waals surface area contributed by atoms with Gasteiger partial charge in [-0.25, -0.2) is 14.1 Å². The van der Waals surface area contributed by atoms with Gasteiger partial charge >= 0.3 is 6.03 Å². The standard InChI is InChI=1S/C25H18ClFN2O4/c1-33-21-10-5-16(17(13-21)11-15-3-2-4-19(27)12-15)14-22-23(30)28-25(32)29(24(22)31)20-8-6-18(26)7-9-20/h2-10,12-14H,11H2,1H3,(H,28,30,32)/b22-14+. The molecule has 4 amide bonds. The van der Waals surface area contributed by atoms with Gasteiger partial charge in [-0.3, -0.25) is 14.9 Å². The first-order chi connectivity index (χ1) is 15.9. The number of halogens is 2. The molecule has 1 aliphatic heterocycles. The lowest BCUT2D eigenvalue weighted by molar-refractivity contribution is -0.122. The number of rotatable bonds is 5. The third kappa shape index (κ3) is 4.78. The molecule has 0 saturated carbocycles. The summed E-state index contributed by atoms with van der Waals surface area (Å²) in [6, 6.07) is 16.5. The summed E-state index contributed by atoms with van der Waals surface area (Å²) < 4.78 is 19.0. The maximum absolute atomic E-state index is 13.7. The van der Waals surface area contributed by atoms with Crippen LogP contribution in [0.1, 0.15) is 16.7 Å². The van der Waals surface area contributed by atoms with E-state index in [1.165, 1.54) is 49.6 Å². The molecule has 1 fully saturated rings. The van der Waals surface area contributed by atoms with Gasteiger partial charge in [0.2, 0.25) is 0 Å². The van der Waals surface area contributed by atoms with E-state index in [4.69, 9.17) is 16.3 Å². The van der Waals surface area contributed by atoms with Crippen LogP contribution in [0.25, 0.3) is 6.08 Å². The smallest absolute Gasteiger partial charge is 0.335 e. The van der Waals surface area contributed by atoms with Crippen LogP contribution in [0.5, 0.6) is 5.75 Å². The van der Waals surface area contributed by atoms with Crippen molar-refractivity contribution in [3.63, 3.8) is 0 Å². The number of methoxy groups -OCH3 is 1. The molecular weight excluding hydrogens is 447 g/mol. The van der Waals surface area contributed by atoms with Gasteiger partial charge in [-0.05, 0) is 77.7 Å². The molecule has 8 heteroatoms. The Hall–Kier alpha value is -3.97. The Kier molecular flexibility index (Phi) is 6.24. The van der Waals surface area contributed by atoms with Crippen molar-refractivity contribution < 1.29 is 23.5 Å². The minimum Gasteiger partial charge on any atom is -0.497 e. The highest BCUT2D eigenvalue weighted by Crippen LogP contribution is 2.27. The molecule has 0 unspecified atom stereocenters. The van der Waals surface area contributed by atoms with Crippen molar-refractivity contribution in [2.75, 3.05) is 12.0 Å². The van der Waals surface area contributed by atoms with E-state index in [1.54, 1.807) is 30.3 Å². The summed E-state index contributed by atoms with van der Waals surface area (Å²) in [6.07, 6.45) is 1.75. The Labute approximate surface area is 194 Å². The Morgan fingerprint density at radius 2 is 1.79 bits per heavy atom. The zero-order valence-electron chi connectivity index (χ0n) is 17.5. The van der Waals surface area contributed by atoms with Gasteiger partial charge in [0.15, 0.2) is 0 Å². The summed E-state index contributed by atoms with van der Waals surface area (Å²) in [4.78, 5) is 38.9. The Morgan fingerprint density at radius 1 is 1.03 bits per heavy atom. The van der Waals surface area contributed by atoms with Crippen LogP contribution >= 0.6 is 11.6 Å². The Morgan fingerprint density at radius 3 is 2.48 bits per heavy atom. The number of urea groups is 1. The second-order valence-corrected chi connectivity index (χ2v) is 7.74.